The van der Waals surface area contributed by atoms with Crippen molar-refractivity contribution in [1.82, 2.24) is 5.32 Å². The lowest BCUT2D eigenvalue weighted by atomic mass is 9.72. The maximum atomic E-state index is 13.7. The third-order valence-corrected chi connectivity index (χ3v) is 6.33. The third-order valence-electron chi connectivity index (χ3n) is 5.43. The zero-order chi connectivity index (χ0) is 19.9. The molecule has 2 rings (SSSR count). The van der Waals surface area contributed by atoms with Crippen LogP contribution >= 0.6 is 0 Å². The van der Waals surface area contributed by atoms with E-state index in [0.717, 1.165) is 31.2 Å². The molecule has 1 aromatic rings. The normalized spacial score (nSPS) is 18.7. The molecule has 27 heavy (non-hydrogen) atoms. The smallest absolute Gasteiger partial charge is 0.229 e. The SMILES string of the molecule is C[Si]OC(O[Si]C)C(C)(C)C(CCC1CCC(=O)N1)Cc1cccc(F)c1. The van der Waals surface area contributed by atoms with E-state index >= 15 is 0 Å². The Morgan fingerprint density at radius 2 is 2.00 bits per heavy atom. The van der Waals surface area contributed by atoms with Gasteiger partial charge in [-0.25, -0.2) is 4.39 Å². The van der Waals surface area contributed by atoms with Gasteiger partial charge < -0.3 is 14.2 Å². The first-order valence-electron chi connectivity index (χ1n) is 9.55. The van der Waals surface area contributed by atoms with Crippen LogP contribution in [-0.2, 0) is 20.1 Å². The second kappa shape index (κ2) is 10.5. The Morgan fingerprint density at radius 3 is 2.56 bits per heavy atom. The lowest BCUT2D eigenvalue weighted by Gasteiger charge is -2.41. The molecular formula is C20H30FNO3Si2. The highest BCUT2D eigenvalue weighted by Crippen LogP contribution is 2.39. The molecule has 1 saturated heterocycles. The van der Waals surface area contributed by atoms with Gasteiger partial charge in [-0.15, -0.1) is 0 Å². The summed E-state index contributed by atoms with van der Waals surface area (Å²) in [5.74, 6) is 0.181. The molecule has 4 radical (unpaired) electrons. The summed E-state index contributed by atoms with van der Waals surface area (Å²) < 4.78 is 25.6. The number of benzene rings is 1. The molecule has 1 fully saturated rings. The molecule has 1 amide bonds. The van der Waals surface area contributed by atoms with Crippen LogP contribution in [0.3, 0.4) is 0 Å². The second-order valence-electron chi connectivity index (χ2n) is 7.71. The van der Waals surface area contributed by atoms with Crippen LogP contribution in [0.15, 0.2) is 24.3 Å². The van der Waals surface area contributed by atoms with E-state index in [9.17, 15) is 9.18 Å². The van der Waals surface area contributed by atoms with Gasteiger partial charge in [-0.1, -0.05) is 26.0 Å². The highest BCUT2D eigenvalue weighted by atomic mass is 28.2. The van der Waals surface area contributed by atoms with E-state index in [2.05, 4.69) is 19.2 Å². The summed E-state index contributed by atoms with van der Waals surface area (Å²) in [7, 11) is 0.693. The van der Waals surface area contributed by atoms with Gasteiger partial charge in [0, 0.05) is 17.9 Å². The van der Waals surface area contributed by atoms with Gasteiger partial charge in [-0.05, 0) is 62.4 Å². The molecule has 0 bridgehead atoms. The number of rotatable bonds is 11. The average molecular weight is 408 g/mol. The Kier molecular flexibility index (Phi) is 8.66. The van der Waals surface area contributed by atoms with E-state index in [1.54, 1.807) is 12.1 Å². The molecule has 1 aromatic carbocycles. The van der Waals surface area contributed by atoms with Gasteiger partial charge in [0.1, 0.15) is 12.1 Å². The largest absolute Gasteiger partial charge is 0.394 e. The molecular weight excluding hydrogens is 377 g/mol. The third kappa shape index (κ3) is 6.52. The van der Waals surface area contributed by atoms with Crippen molar-refractivity contribution >= 4 is 25.4 Å². The van der Waals surface area contributed by atoms with Crippen molar-refractivity contribution in [3.8, 4) is 0 Å². The minimum absolute atomic E-state index is 0.143. The van der Waals surface area contributed by atoms with Crippen molar-refractivity contribution in [2.75, 3.05) is 0 Å². The van der Waals surface area contributed by atoms with E-state index in [1.807, 2.05) is 19.2 Å². The molecule has 2 unspecified atom stereocenters. The molecule has 4 nitrogen and oxygen atoms in total. The van der Waals surface area contributed by atoms with Crippen molar-refractivity contribution in [3.63, 3.8) is 0 Å². The molecule has 0 saturated carbocycles. The fraction of sp³-hybridized carbons (Fsp3) is 0.650. The standard InChI is InChI=1S/C20H30FNO3Si2/c1-20(2,19(24-26-3)25-27-4)15(8-9-17-10-11-18(23)22-17)12-14-6-5-7-16(21)13-14/h5-7,13,15,17,19H,8-12H2,1-4H3,(H,22,23). The molecule has 1 aliphatic rings. The molecule has 1 aliphatic heterocycles. The Bertz CT molecular complexity index is 609. The molecule has 7 heteroatoms. The van der Waals surface area contributed by atoms with E-state index in [-0.39, 0.29) is 35.4 Å². The lowest BCUT2D eigenvalue weighted by molar-refractivity contribution is -0.119. The predicted molar refractivity (Wildman–Crippen MR) is 107 cm³/mol. The number of nitrogens with one attached hydrogen (secondary N) is 1. The molecule has 2 atom stereocenters. The van der Waals surface area contributed by atoms with Crippen LogP contribution < -0.4 is 5.32 Å². The van der Waals surface area contributed by atoms with Crippen molar-refractivity contribution in [2.24, 2.45) is 11.3 Å². The summed E-state index contributed by atoms with van der Waals surface area (Å²) in [6.07, 6.45) is 3.83. The summed E-state index contributed by atoms with van der Waals surface area (Å²) in [5, 5.41) is 3.05. The number of amides is 1. The zero-order valence-electron chi connectivity index (χ0n) is 16.7. The maximum Gasteiger partial charge on any atom is 0.229 e. The summed E-state index contributed by atoms with van der Waals surface area (Å²) in [6, 6.07) is 7.06. The van der Waals surface area contributed by atoms with Crippen LogP contribution in [0.5, 0.6) is 0 Å². The minimum atomic E-state index is -0.291. The Morgan fingerprint density at radius 1 is 1.30 bits per heavy atom. The fourth-order valence-corrected chi connectivity index (χ4v) is 4.94. The number of hydrogen-bond acceptors (Lipinski definition) is 3. The number of carbonyl (C=O) groups is 1. The molecule has 148 valence electrons. The number of carbonyl (C=O) groups excluding carboxylic acids is 1. The highest BCUT2D eigenvalue weighted by Gasteiger charge is 2.39. The fourth-order valence-electron chi connectivity index (χ4n) is 3.72. The molecule has 0 spiro atoms. The van der Waals surface area contributed by atoms with Gasteiger partial charge in [0.15, 0.2) is 0 Å². The van der Waals surface area contributed by atoms with Gasteiger partial charge in [0.2, 0.25) is 25.4 Å². The van der Waals surface area contributed by atoms with E-state index < -0.39 is 0 Å². The first-order chi connectivity index (χ1) is 12.9. The predicted octanol–water partition coefficient (Wildman–Crippen LogP) is 3.76. The summed E-state index contributed by atoms with van der Waals surface area (Å²) >= 11 is 0. The van der Waals surface area contributed by atoms with Gasteiger partial charge in [0.05, 0.1) is 0 Å². The summed E-state index contributed by atoms with van der Waals surface area (Å²) in [5.41, 5.74) is 0.751. The van der Waals surface area contributed by atoms with Gasteiger partial charge in [-0.3, -0.25) is 4.79 Å². The molecule has 0 aliphatic carbocycles. The average Bonchev–Trinajstić information content (AvgIpc) is 3.03. The number of hydrogen-bond donors (Lipinski definition) is 1. The molecule has 1 N–H and O–H groups in total. The first-order valence-corrected chi connectivity index (χ1v) is 12.4. The van der Waals surface area contributed by atoms with Gasteiger partial charge in [-0.2, -0.15) is 0 Å². The van der Waals surface area contributed by atoms with Crippen molar-refractivity contribution in [2.45, 2.75) is 71.4 Å². The monoisotopic (exact) mass is 407 g/mol. The zero-order valence-corrected chi connectivity index (χ0v) is 18.7. The van der Waals surface area contributed by atoms with E-state index in [1.165, 1.54) is 6.07 Å². The van der Waals surface area contributed by atoms with Crippen LogP contribution in [0.4, 0.5) is 4.39 Å². The number of halogens is 1. The minimum Gasteiger partial charge on any atom is -0.394 e. The quantitative estimate of drug-likeness (QED) is 0.449. The first kappa shape index (κ1) is 22.3. The summed E-state index contributed by atoms with van der Waals surface area (Å²) in [4.78, 5) is 11.5. The van der Waals surface area contributed by atoms with E-state index in [0.29, 0.717) is 25.9 Å². The molecule has 0 aromatic heterocycles. The van der Waals surface area contributed by atoms with Crippen LogP contribution in [-0.4, -0.2) is 37.8 Å². The van der Waals surface area contributed by atoms with Crippen LogP contribution in [0.25, 0.3) is 0 Å². The Labute approximate surface area is 167 Å². The van der Waals surface area contributed by atoms with Crippen molar-refractivity contribution in [3.05, 3.63) is 35.6 Å². The Balaban J connectivity index is 2.16. The topological polar surface area (TPSA) is 47.6 Å². The lowest BCUT2D eigenvalue weighted by Crippen LogP contribution is -2.43. The van der Waals surface area contributed by atoms with Crippen molar-refractivity contribution < 1.29 is 18.0 Å². The molecule has 1 heterocycles. The second-order valence-corrected chi connectivity index (χ2v) is 9.00. The summed E-state index contributed by atoms with van der Waals surface area (Å²) in [6.45, 7) is 8.35. The Hall–Kier alpha value is -1.03. The van der Waals surface area contributed by atoms with Crippen LogP contribution in [0.2, 0.25) is 13.1 Å². The van der Waals surface area contributed by atoms with Gasteiger partial charge >= 0.3 is 0 Å². The van der Waals surface area contributed by atoms with Crippen LogP contribution in [0.1, 0.15) is 45.1 Å². The van der Waals surface area contributed by atoms with Gasteiger partial charge in [0.25, 0.3) is 0 Å². The van der Waals surface area contributed by atoms with Crippen LogP contribution in [0, 0.1) is 17.2 Å². The highest BCUT2D eigenvalue weighted by molar-refractivity contribution is 6.26. The van der Waals surface area contributed by atoms with E-state index in [4.69, 9.17) is 8.85 Å². The maximum absolute atomic E-state index is 13.7. The van der Waals surface area contributed by atoms with Crippen molar-refractivity contribution in [1.29, 1.82) is 0 Å².